The first kappa shape index (κ1) is 9.00. The predicted molar refractivity (Wildman–Crippen MR) is 54.5 cm³/mol. The minimum atomic E-state index is -0.245. The van der Waals surface area contributed by atoms with Crippen molar-refractivity contribution in [1.29, 1.82) is 0 Å². The smallest absolute Gasteiger partial charge is 0.0552 e. The standard InChI is InChI=1S/C9H11IO/c1-7(11)6-8-4-2-3-5-9(8)10/h2-5,7,11H,6H2,1H3. The number of rotatable bonds is 2. The molecule has 0 radical (unpaired) electrons. The maximum atomic E-state index is 9.13. The lowest BCUT2D eigenvalue weighted by Gasteiger charge is -2.05. The Morgan fingerprint density at radius 1 is 1.45 bits per heavy atom. The monoisotopic (exact) mass is 262 g/mol. The second kappa shape index (κ2) is 4.07. The van der Waals surface area contributed by atoms with Gasteiger partial charge in [0.1, 0.15) is 0 Å². The van der Waals surface area contributed by atoms with Gasteiger partial charge in [-0.2, -0.15) is 0 Å². The average Bonchev–Trinajstić information content (AvgIpc) is 1.93. The van der Waals surface area contributed by atoms with Gasteiger partial charge in [0.05, 0.1) is 6.10 Å². The molecule has 0 spiro atoms. The molecule has 0 bridgehead atoms. The Bertz CT molecular complexity index is 233. The minimum absolute atomic E-state index is 0.245. The SMILES string of the molecule is CC(O)Cc1ccccc1I. The van der Waals surface area contributed by atoms with Crippen molar-refractivity contribution in [1.82, 2.24) is 0 Å². The van der Waals surface area contributed by atoms with Crippen LogP contribution in [0.1, 0.15) is 12.5 Å². The zero-order chi connectivity index (χ0) is 8.27. The van der Waals surface area contributed by atoms with E-state index in [0.717, 1.165) is 6.42 Å². The zero-order valence-corrected chi connectivity index (χ0v) is 8.58. The van der Waals surface area contributed by atoms with Gasteiger partial charge in [-0.15, -0.1) is 0 Å². The summed E-state index contributed by atoms with van der Waals surface area (Å²) in [5.74, 6) is 0. The molecule has 0 fully saturated rings. The van der Waals surface area contributed by atoms with Crippen LogP contribution in [0.5, 0.6) is 0 Å². The van der Waals surface area contributed by atoms with Crippen molar-refractivity contribution in [2.75, 3.05) is 0 Å². The molecule has 1 aromatic carbocycles. The molecule has 1 atom stereocenters. The fourth-order valence-electron chi connectivity index (χ4n) is 0.982. The number of hydrogen-bond acceptors (Lipinski definition) is 1. The highest BCUT2D eigenvalue weighted by atomic mass is 127. The number of aliphatic hydroxyl groups excluding tert-OH is 1. The highest BCUT2D eigenvalue weighted by Crippen LogP contribution is 2.12. The van der Waals surface area contributed by atoms with Gasteiger partial charge >= 0.3 is 0 Å². The van der Waals surface area contributed by atoms with Crippen molar-refractivity contribution >= 4 is 22.6 Å². The first-order valence-corrected chi connectivity index (χ1v) is 4.69. The van der Waals surface area contributed by atoms with Crippen LogP contribution < -0.4 is 0 Å². The maximum Gasteiger partial charge on any atom is 0.0552 e. The second-order valence-corrected chi connectivity index (χ2v) is 3.81. The lowest BCUT2D eigenvalue weighted by atomic mass is 10.1. The van der Waals surface area contributed by atoms with Gasteiger partial charge in [-0.1, -0.05) is 18.2 Å². The summed E-state index contributed by atoms with van der Waals surface area (Å²) in [6, 6.07) is 8.11. The van der Waals surface area contributed by atoms with Crippen molar-refractivity contribution in [2.24, 2.45) is 0 Å². The molecule has 1 nitrogen and oxygen atoms in total. The van der Waals surface area contributed by atoms with Crippen LogP contribution in [0.3, 0.4) is 0 Å². The number of halogens is 1. The summed E-state index contributed by atoms with van der Waals surface area (Å²) in [6.07, 6.45) is 0.505. The Labute approximate surface area is 80.6 Å². The van der Waals surface area contributed by atoms with Gasteiger partial charge in [0, 0.05) is 3.57 Å². The Morgan fingerprint density at radius 2 is 2.09 bits per heavy atom. The second-order valence-electron chi connectivity index (χ2n) is 2.64. The van der Waals surface area contributed by atoms with Crippen LogP contribution in [-0.2, 0) is 6.42 Å². The molecular weight excluding hydrogens is 251 g/mol. The van der Waals surface area contributed by atoms with E-state index >= 15 is 0 Å². The summed E-state index contributed by atoms with van der Waals surface area (Å²) in [7, 11) is 0. The Balaban J connectivity index is 2.78. The van der Waals surface area contributed by atoms with Crippen LogP contribution in [0, 0.1) is 3.57 Å². The fourth-order valence-corrected chi connectivity index (χ4v) is 1.59. The van der Waals surface area contributed by atoms with Gasteiger partial charge < -0.3 is 5.11 Å². The molecule has 11 heavy (non-hydrogen) atoms. The van der Waals surface area contributed by atoms with Crippen molar-refractivity contribution in [3.63, 3.8) is 0 Å². The number of benzene rings is 1. The Kier molecular flexibility index (Phi) is 3.33. The van der Waals surface area contributed by atoms with Crippen LogP contribution in [0.15, 0.2) is 24.3 Å². The highest BCUT2D eigenvalue weighted by molar-refractivity contribution is 14.1. The summed E-state index contributed by atoms with van der Waals surface area (Å²) in [5, 5.41) is 9.13. The minimum Gasteiger partial charge on any atom is -0.393 e. The largest absolute Gasteiger partial charge is 0.393 e. The Morgan fingerprint density at radius 3 is 2.64 bits per heavy atom. The third-order valence-corrected chi connectivity index (χ3v) is 2.53. The van der Waals surface area contributed by atoms with Crippen LogP contribution in [0.2, 0.25) is 0 Å². The van der Waals surface area contributed by atoms with E-state index in [1.165, 1.54) is 9.13 Å². The normalized spacial score (nSPS) is 13.0. The first-order chi connectivity index (χ1) is 5.20. The van der Waals surface area contributed by atoms with E-state index in [-0.39, 0.29) is 6.10 Å². The number of aliphatic hydroxyl groups is 1. The van der Waals surface area contributed by atoms with E-state index in [9.17, 15) is 0 Å². The quantitative estimate of drug-likeness (QED) is 0.810. The third kappa shape index (κ3) is 2.79. The van der Waals surface area contributed by atoms with Crippen molar-refractivity contribution in [3.8, 4) is 0 Å². The molecule has 1 aromatic rings. The van der Waals surface area contributed by atoms with Gasteiger partial charge in [-0.05, 0) is 47.6 Å². The lowest BCUT2D eigenvalue weighted by Crippen LogP contribution is -2.05. The fraction of sp³-hybridized carbons (Fsp3) is 0.333. The van der Waals surface area contributed by atoms with Gasteiger partial charge in [0.15, 0.2) is 0 Å². The van der Waals surface area contributed by atoms with Gasteiger partial charge in [0.2, 0.25) is 0 Å². The summed E-state index contributed by atoms with van der Waals surface area (Å²) < 4.78 is 1.23. The molecule has 0 aliphatic rings. The van der Waals surface area contributed by atoms with Crippen molar-refractivity contribution < 1.29 is 5.11 Å². The molecule has 0 heterocycles. The van der Waals surface area contributed by atoms with Gasteiger partial charge in [-0.3, -0.25) is 0 Å². The van der Waals surface area contributed by atoms with E-state index in [1.54, 1.807) is 0 Å². The first-order valence-electron chi connectivity index (χ1n) is 3.61. The molecule has 0 aliphatic carbocycles. The van der Waals surface area contributed by atoms with Crippen LogP contribution in [-0.4, -0.2) is 11.2 Å². The molecule has 0 aliphatic heterocycles. The summed E-state index contributed by atoms with van der Waals surface area (Å²) in [4.78, 5) is 0. The average molecular weight is 262 g/mol. The molecule has 0 aromatic heterocycles. The van der Waals surface area contributed by atoms with E-state index in [0.29, 0.717) is 0 Å². The van der Waals surface area contributed by atoms with Crippen LogP contribution in [0.25, 0.3) is 0 Å². The van der Waals surface area contributed by atoms with E-state index < -0.39 is 0 Å². The zero-order valence-electron chi connectivity index (χ0n) is 6.42. The summed E-state index contributed by atoms with van der Waals surface area (Å²) in [6.45, 7) is 1.81. The highest BCUT2D eigenvalue weighted by Gasteiger charge is 2.01. The molecule has 0 saturated heterocycles. The summed E-state index contributed by atoms with van der Waals surface area (Å²) in [5.41, 5.74) is 1.23. The molecule has 1 unspecified atom stereocenters. The summed E-state index contributed by atoms with van der Waals surface area (Å²) >= 11 is 2.28. The molecule has 1 N–H and O–H groups in total. The topological polar surface area (TPSA) is 20.2 Å². The van der Waals surface area contributed by atoms with Crippen LogP contribution >= 0.6 is 22.6 Å². The van der Waals surface area contributed by atoms with E-state index in [1.807, 2.05) is 19.1 Å². The van der Waals surface area contributed by atoms with Crippen molar-refractivity contribution in [3.05, 3.63) is 33.4 Å². The van der Waals surface area contributed by atoms with E-state index in [2.05, 4.69) is 34.7 Å². The molecule has 2 heteroatoms. The lowest BCUT2D eigenvalue weighted by molar-refractivity contribution is 0.195. The molecular formula is C9H11IO. The molecule has 0 saturated carbocycles. The van der Waals surface area contributed by atoms with Gasteiger partial charge in [-0.25, -0.2) is 0 Å². The van der Waals surface area contributed by atoms with Crippen molar-refractivity contribution in [2.45, 2.75) is 19.4 Å². The maximum absolute atomic E-state index is 9.13. The third-order valence-electron chi connectivity index (χ3n) is 1.47. The molecule has 60 valence electrons. The number of hydrogen-bond donors (Lipinski definition) is 1. The molecule has 0 amide bonds. The molecule has 1 rings (SSSR count). The van der Waals surface area contributed by atoms with Gasteiger partial charge in [0.25, 0.3) is 0 Å². The Hall–Kier alpha value is -0.0900. The predicted octanol–water partition coefficient (Wildman–Crippen LogP) is 2.21. The van der Waals surface area contributed by atoms with Crippen LogP contribution in [0.4, 0.5) is 0 Å². The van der Waals surface area contributed by atoms with E-state index in [4.69, 9.17) is 5.11 Å².